The Labute approximate surface area is 150 Å². The molecule has 3 aromatic rings. The molecule has 0 amide bonds. The van der Waals surface area contributed by atoms with Crippen LogP contribution < -0.4 is 15.9 Å². The third-order valence-corrected chi connectivity index (χ3v) is 3.52. The topological polar surface area (TPSA) is 94.5 Å². The summed E-state index contributed by atoms with van der Waals surface area (Å²) in [7, 11) is 0. The van der Waals surface area contributed by atoms with Gasteiger partial charge in [0.2, 0.25) is 5.88 Å². The molecular weight excluding hydrogens is 330 g/mol. The Morgan fingerprint density at radius 1 is 1.12 bits per heavy atom. The Hall–Kier alpha value is -3.87. The largest absolute Gasteiger partial charge is 0.404 e. The molecule has 1 heterocycles. The Morgan fingerprint density at radius 3 is 2.50 bits per heavy atom. The lowest BCUT2D eigenvalue weighted by Gasteiger charge is -2.10. The van der Waals surface area contributed by atoms with E-state index < -0.39 is 5.97 Å². The third kappa shape index (κ3) is 3.96. The van der Waals surface area contributed by atoms with Crippen molar-refractivity contribution in [3.63, 3.8) is 0 Å². The third-order valence-electron chi connectivity index (χ3n) is 3.52. The average Bonchev–Trinajstić information content (AvgIpc) is 3.14. The Bertz CT molecular complexity index is 917. The summed E-state index contributed by atoms with van der Waals surface area (Å²) in [5.41, 5.74) is 1.86. The molecule has 0 radical (unpaired) electrons. The van der Waals surface area contributed by atoms with Crippen LogP contribution in [0.3, 0.4) is 0 Å². The van der Waals surface area contributed by atoms with E-state index in [1.165, 1.54) is 18.7 Å². The zero-order chi connectivity index (χ0) is 18.2. The minimum Gasteiger partial charge on any atom is -0.404 e. The molecule has 0 aliphatic carbocycles. The predicted octanol–water partition coefficient (Wildman–Crippen LogP) is 2.31. The zero-order valence-corrected chi connectivity index (χ0v) is 13.8. The molecule has 0 fully saturated rings. The van der Waals surface area contributed by atoms with Gasteiger partial charge in [-0.05, 0) is 17.7 Å². The first-order valence-electron chi connectivity index (χ1n) is 7.83. The van der Waals surface area contributed by atoms with Gasteiger partial charge in [-0.1, -0.05) is 48.5 Å². The van der Waals surface area contributed by atoms with Gasteiger partial charge < -0.3 is 15.9 Å². The molecule has 0 spiro atoms. The molecule has 26 heavy (non-hydrogen) atoms. The maximum absolute atomic E-state index is 12.7. The first-order valence-corrected chi connectivity index (χ1v) is 7.83. The Morgan fingerprint density at radius 2 is 1.81 bits per heavy atom. The van der Waals surface area contributed by atoms with Crippen LogP contribution in [0.4, 0.5) is 0 Å². The number of nitrogens with one attached hydrogen (secondary N) is 1. The van der Waals surface area contributed by atoms with E-state index in [2.05, 4.69) is 15.4 Å². The molecule has 3 rings (SSSR count). The molecule has 7 heteroatoms. The molecule has 0 unspecified atom stereocenters. The van der Waals surface area contributed by atoms with Crippen molar-refractivity contribution in [1.29, 1.82) is 0 Å². The van der Waals surface area contributed by atoms with E-state index in [9.17, 15) is 4.79 Å². The molecule has 0 bridgehead atoms. The van der Waals surface area contributed by atoms with Gasteiger partial charge in [0.1, 0.15) is 12.7 Å². The highest BCUT2D eigenvalue weighted by atomic mass is 16.5. The summed E-state index contributed by atoms with van der Waals surface area (Å²) < 4.78 is 7.25. The predicted molar refractivity (Wildman–Crippen MR) is 99.4 cm³/mol. The standard InChI is InChI=1S/C19H17N5O2/c20-23-13-21-11-17(15-7-3-1-4-8-15)19(25)26-18-12-22-14-24(18)16-9-5-2-6-10-16/h1-14H,20H2,(H,21,23). The highest BCUT2D eigenvalue weighted by molar-refractivity contribution is 6.17. The molecular formula is C19H17N5O2. The minimum absolute atomic E-state index is 0.315. The van der Waals surface area contributed by atoms with Crippen LogP contribution in [0.25, 0.3) is 11.3 Å². The van der Waals surface area contributed by atoms with Crippen LogP contribution in [-0.4, -0.2) is 21.9 Å². The van der Waals surface area contributed by atoms with Crippen molar-refractivity contribution in [1.82, 2.24) is 14.9 Å². The van der Waals surface area contributed by atoms with Gasteiger partial charge in [0, 0.05) is 6.20 Å². The van der Waals surface area contributed by atoms with Gasteiger partial charge in [0.15, 0.2) is 0 Å². The Kier molecular flexibility index (Phi) is 5.41. The van der Waals surface area contributed by atoms with Crippen LogP contribution in [0.1, 0.15) is 5.56 Å². The highest BCUT2D eigenvalue weighted by Gasteiger charge is 2.17. The molecule has 0 saturated heterocycles. The SMILES string of the molecule is NN=CNC=C(C(=O)Oc1cncn1-c1ccccc1)c1ccccc1. The van der Waals surface area contributed by atoms with Crippen molar-refractivity contribution in [2.75, 3.05) is 0 Å². The number of carbonyl (C=O) groups is 1. The fraction of sp³-hybridized carbons (Fsp3) is 0. The summed E-state index contributed by atoms with van der Waals surface area (Å²) in [6.45, 7) is 0. The first kappa shape index (κ1) is 17.0. The van der Waals surface area contributed by atoms with Crippen LogP contribution in [0.5, 0.6) is 5.88 Å². The number of imidazole rings is 1. The lowest BCUT2D eigenvalue weighted by molar-refractivity contribution is -0.128. The smallest absolute Gasteiger partial charge is 0.346 e. The summed E-state index contributed by atoms with van der Waals surface area (Å²) in [4.78, 5) is 16.8. The van der Waals surface area contributed by atoms with Crippen molar-refractivity contribution in [2.24, 2.45) is 10.9 Å². The van der Waals surface area contributed by atoms with E-state index in [0.29, 0.717) is 17.0 Å². The van der Waals surface area contributed by atoms with Crippen molar-refractivity contribution in [3.8, 4) is 11.6 Å². The second kappa shape index (κ2) is 8.29. The number of ether oxygens (including phenoxy) is 1. The monoisotopic (exact) mass is 347 g/mol. The van der Waals surface area contributed by atoms with Gasteiger partial charge in [0.25, 0.3) is 0 Å². The van der Waals surface area contributed by atoms with E-state index in [1.807, 2.05) is 60.7 Å². The van der Waals surface area contributed by atoms with Crippen LogP contribution in [0.2, 0.25) is 0 Å². The number of para-hydroxylation sites is 1. The van der Waals surface area contributed by atoms with E-state index in [0.717, 1.165) is 5.69 Å². The molecule has 0 saturated carbocycles. The normalized spacial score (nSPS) is 11.5. The van der Waals surface area contributed by atoms with Gasteiger partial charge in [-0.25, -0.2) is 9.78 Å². The second-order valence-electron chi connectivity index (χ2n) is 5.20. The van der Waals surface area contributed by atoms with E-state index in [-0.39, 0.29) is 0 Å². The molecule has 0 aliphatic heterocycles. The fourth-order valence-electron chi connectivity index (χ4n) is 2.33. The van der Waals surface area contributed by atoms with Gasteiger partial charge in [-0.2, -0.15) is 5.10 Å². The molecule has 3 N–H and O–H groups in total. The number of hydrazone groups is 1. The molecule has 2 aromatic carbocycles. The maximum Gasteiger partial charge on any atom is 0.346 e. The Balaban J connectivity index is 1.88. The maximum atomic E-state index is 12.7. The second-order valence-corrected chi connectivity index (χ2v) is 5.20. The van der Waals surface area contributed by atoms with Gasteiger partial charge in [-0.3, -0.25) is 4.57 Å². The molecule has 0 aliphatic rings. The summed E-state index contributed by atoms with van der Waals surface area (Å²) in [5, 5.41) is 6.08. The van der Waals surface area contributed by atoms with E-state index in [4.69, 9.17) is 10.6 Å². The number of hydrogen-bond acceptors (Lipinski definition) is 5. The quantitative estimate of drug-likeness (QED) is 0.178. The van der Waals surface area contributed by atoms with Crippen LogP contribution in [-0.2, 0) is 4.79 Å². The average molecular weight is 347 g/mol. The number of benzene rings is 2. The summed E-state index contributed by atoms with van der Waals surface area (Å²) in [6, 6.07) is 18.6. The zero-order valence-electron chi connectivity index (χ0n) is 13.8. The molecule has 130 valence electrons. The summed E-state index contributed by atoms with van der Waals surface area (Å²) in [5.74, 6) is 4.85. The molecule has 7 nitrogen and oxygen atoms in total. The van der Waals surface area contributed by atoms with Gasteiger partial charge >= 0.3 is 5.97 Å². The number of esters is 1. The van der Waals surface area contributed by atoms with Crippen LogP contribution in [0.15, 0.2) is 84.5 Å². The molecule has 1 aromatic heterocycles. The fourth-order valence-corrected chi connectivity index (χ4v) is 2.33. The van der Waals surface area contributed by atoms with Gasteiger partial charge in [0.05, 0.1) is 17.5 Å². The number of aromatic nitrogens is 2. The van der Waals surface area contributed by atoms with Gasteiger partial charge in [-0.15, -0.1) is 0 Å². The summed E-state index contributed by atoms with van der Waals surface area (Å²) >= 11 is 0. The number of rotatable bonds is 6. The lowest BCUT2D eigenvalue weighted by Crippen LogP contribution is -2.15. The van der Waals surface area contributed by atoms with Crippen LogP contribution >= 0.6 is 0 Å². The summed E-state index contributed by atoms with van der Waals surface area (Å²) in [6.07, 6.45) is 5.83. The van der Waals surface area contributed by atoms with Crippen molar-refractivity contribution >= 4 is 17.9 Å². The molecule has 0 atom stereocenters. The van der Waals surface area contributed by atoms with E-state index >= 15 is 0 Å². The lowest BCUT2D eigenvalue weighted by atomic mass is 10.1. The highest BCUT2D eigenvalue weighted by Crippen LogP contribution is 2.21. The first-order chi connectivity index (χ1) is 12.8. The number of nitrogens with zero attached hydrogens (tertiary/aromatic N) is 3. The number of hydrogen-bond donors (Lipinski definition) is 2. The van der Waals surface area contributed by atoms with Crippen molar-refractivity contribution in [2.45, 2.75) is 0 Å². The van der Waals surface area contributed by atoms with E-state index in [1.54, 1.807) is 10.9 Å². The van der Waals surface area contributed by atoms with Crippen LogP contribution in [0, 0.1) is 0 Å². The number of nitrogens with two attached hydrogens (primary N) is 1. The van der Waals surface area contributed by atoms with Crippen molar-refractivity contribution in [3.05, 3.63) is 85.0 Å². The number of carbonyl (C=O) groups excluding carboxylic acids is 1. The minimum atomic E-state index is -0.535. The van der Waals surface area contributed by atoms with Crippen molar-refractivity contribution < 1.29 is 9.53 Å².